The minimum atomic E-state index is -1.11. The van der Waals surface area contributed by atoms with Crippen molar-refractivity contribution < 1.29 is 19.7 Å². The van der Waals surface area contributed by atoms with E-state index in [-0.39, 0.29) is 19.8 Å². The molecule has 1 unspecified atom stereocenters. The van der Waals surface area contributed by atoms with Gasteiger partial charge in [-0.3, -0.25) is 10.1 Å². The summed E-state index contributed by atoms with van der Waals surface area (Å²) in [6.07, 6.45) is 0. The van der Waals surface area contributed by atoms with Crippen molar-refractivity contribution in [2.75, 3.05) is 26.9 Å². The molecule has 5 heteroatoms. The summed E-state index contributed by atoms with van der Waals surface area (Å²) in [6, 6.07) is 0. The Labute approximate surface area is 71.3 Å². The van der Waals surface area contributed by atoms with E-state index in [4.69, 9.17) is 14.9 Å². The quantitative estimate of drug-likeness (QED) is 0.488. The number of methoxy groups -OCH3 is 1. The number of hydrogen-bond donors (Lipinski definition) is 3. The van der Waals surface area contributed by atoms with Crippen molar-refractivity contribution in [2.24, 2.45) is 0 Å². The van der Waals surface area contributed by atoms with E-state index in [0.29, 0.717) is 0 Å². The minimum Gasteiger partial charge on any atom is -0.480 e. The number of aliphatic hydroxyl groups excluding tert-OH is 1. The highest BCUT2D eigenvalue weighted by Gasteiger charge is 2.32. The van der Waals surface area contributed by atoms with Crippen LogP contribution in [0.2, 0.25) is 0 Å². The normalized spacial score (nSPS) is 15.6. The number of aliphatic carboxylic acids is 1. The van der Waals surface area contributed by atoms with Gasteiger partial charge in [-0.2, -0.15) is 0 Å². The molecule has 0 aliphatic heterocycles. The summed E-state index contributed by atoms with van der Waals surface area (Å²) in [5.41, 5.74) is -1.11. The van der Waals surface area contributed by atoms with Gasteiger partial charge in [0, 0.05) is 13.7 Å². The Balaban J connectivity index is 4.08. The SMILES string of the molecule is COCC(C)(NCCO)C(=O)O. The van der Waals surface area contributed by atoms with Gasteiger partial charge in [0.05, 0.1) is 13.2 Å². The number of aliphatic hydroxyl groups is 1. The van der Waals surface area contributed by atoms with Gasteiger partial charge in [0.2, 0.25) is 0 Å². The maximum absolute atomic E-state index is 10.7. The van der Waals surface area contributed by atoms with E-state index in [1.165, 1.54) is 14.0 Å². The van der Waals surface area contributed by atoms with Crippen LogP contribution in [0.5, 0.6) is 0 Å². The molecule has 5 nitrogen and oxygen atoms in total. The Hall–Kier alpha value is -0.650. The van der Waals surface area contributed by atoms with Crippen LogP contribution < -0.4 is 5.32 Å². The molecule has 12 heavy (non-hydrogen) atoms. The van der Waals surface area contributed by atoms with Gasteiger partial charge in [-0.05, 0) is 6.92 Å². The van der Waals surface area contributed by atoms with Gasteiger partial charge in [0.25, 0.3) is 0 Å². The van der Waals surface area contributed by atoms with Crippen molar-refractivity contribution >= 4 is 5.97 Å². The number of hydrogen-bond acceptors (Lipinski definition) is 4. The van der Waals surface area contributed by atoms with Gasteiger partial charge in [-0.1, -0.05) is 0 Å². The van der Waals surface area contributed by atoms with Crippen LogP contribution >= 0.6 is 0 Å². The summed E-state index contributed by atoms with van der Waals surface area (Å²) in [5.74, 6) is -0.988. The van der Waals surface area contributed by atoms with Crippen LogP contribution in [-0.2, 0) is 9.53 Å². The summed E-state index contributed by atoms with van der Waals surface area (Å²) in [6.45, 7) is 1.73. The predicted molar refractivity (Wildman–Crippen MR) is 43.0 cm³/mol. The number of rotatable bonds is 6. The Kier molecular flexibility index (Phi) is 4.80. The summed E-state index contributed by atoms with van der Waals surface area (Å²) in [5, 5.41) is 19.9. The summed E-state index contributed by atoms with van der Waals surface area (Å²) in [4.78, 5) is 10.7. The third kappa shape index (κ3) is 3.17. The largest absolute Gasteiger partial charge is 0.480 e. The van der Waals surface area contributed by atoms with E-state index >= 15 is 0 Å². The van der Waals surface area contributed by atoms with Crippen molar-refractivity contribution in [3.63, 3.8) is 0 Å². The van der Waals surface area contributed by atoms with Gasteiger partial charge in [-0.15, -0.1) is 0 Å². The molecule has 72 valence electrons. The Morgan fingerprint density at radius 3 is 2.58 bits per heavy atom. The highest BCUT2D eigenvalue weighted by Crippen LogP contribution is 2.03. The fraction of sp³-hybridized carbons (Fsp3) is 0.857. The second-order valence-corrected chi connectivity index (χ2v) is 2.72. The topological polar surface area (TPSA) is 78.8 Å². The first-order valence-corrected chi connectivity index (χ1v) is 3.65. The molecule has 0 bridgehead atoms. The van der Waals surface area contributed by atoms with Crippen LogP contribution in [0, 0.1) is 0 Å². The van der Waals surface area contributed by atoms with Crippen LogP contribution in [0.4, 0.5) is 0 Å². The number of carboxylic acids is 1. The lowest BCUT2D eigenvalue weighted by Crippen LogP contribution is -2.53. The van der Waals surface area contributed by atoms with E-state index in [1.807, 2.05) is 0 Å². The van der Waals surface area contributed by atoms with Crippen LogP contribution in [0.25, 0.3) is 0 Å². The highest BCUT2D eigenvalue weighted by molar-refractivity contribution is 5.78. The van der Waals surface area contributed by atoms with E-state index in [1.54, 1.807) is 0 Å². The third-order valence-electron chi connectivity index (χ3n) is 1.53. The molecule has 0 saturated carbocycles. The number of carbonyl (C=O) groups is 1. The zero-order valence-corrected chi connectivity index (χ0v) is 7.33. The van der Waals surface area contributed by atoms with Crippen LogP contribution in [0.3, 0.4) is 0 Å². The molecule has 0 amide bonds. The molecule has 0 aromatic rings. The molecule has 0 spiro atoms. The molecule has 0 aromatic carbocycles. The van der Waals surface area contributed by atoms with Gasteiger partial charge < -0.3 is 14.9 Å². The predicted octanol–water partition coefficient (Wildman–Crippen LogP) is -0.942. The molecule has 0 aliphatic carbocycles. The monoisotopic (exact) mass is 177 g/mol. The molecule has 0 saturated heterocycles. The summed E-state index contributed by atoms with van der Waals surface area (Å²) < 4.78 is 4.74. The lowest BCUT2D eigenvalue weighted by molar-refractivity contribution is -0.146. The molecule has 0 rings (SSSR count). The van der Waals surface area contributed by atoms with Crippen LogP contribution in [0.15, 0.2) is 0 Å². The first-order chi connectivity index (χ1) is 5.56. The average Bonchev–Trinajstić information content (AvgIpc) is 2.01. The Morgan fingerprint density at radius 1 is 1.67 bits per heavy atom. The van der Waals surface area contributed by atoms with E-state index < -0.39 is 11.5 Å². The first-order valence-electron chi connectivity index (χ1n) is 3.65. The van der Waals surface area contributed by atoms with Crippen LogP contribution in [0.1, 0.15) is 6.92 Å². The molecule has 0 radical (unpaired) electrons. The molecular formula is C7H15NO4. The minimum absolute atomic E-state index is 0.0718. The van der Waals surface area contributed by atoms with Gasteiger partial charge >= 0.3 is 5.97 Å². The number of β-amino-alcohol motifs (C(OH)–C–C–N with tert-alkyl or cyclic N) is 1. The van der Waals surface area contributed by atoms with Crippen molar-refractivity contribution in [1.82, 2.24) is 5.32 Å². The molecule has 1 atom stereocenters. The molecule has 0 fully saturated rings. The van der Waals surface area contributed by atoms with Gasteiger partial charge in [0.15, 0.2) is 0 Å². The molecular weight excluding hydrogens is 162 g/mol. The standard InChI is InChI=1S/C7H15NO4/c1-7(5-12-2,6(10)11)8-3-4-9/h8-9H,3-5H2,1-2H3,(H,10,11). The fourth-order valence-electron chi connectivity index (χ4n) is 0.809. The first kappa shape index (κ1) is 11.4. The van der Waals surface area contributed by atoms with E-state index in [0.717, 1.165) is 0 Å². The zero-order chi connectivity index (χ0) is 9.61. The maximum Gasteiger partial charge on any atom is 0.326 e. The van der Waals surface area contributed by atoms with Crippen molar-refractivity contribution in [3.05, 3.63) is 0 Å². The molecule has 3 N–H and O–H groups in total. The van der Waals surface area contributed by atoms with Crippen molar-refractivity contribution in [2.45, 2.75) is 12.5 Å². The summed E-state index contributed by atoms with van der Waals surface area (Å²) >= 11 is 0. The number of nitrogens with one attached hydrogen (secondary N) is 1. The average molecular weight is 177 g/mol. The Morgan fingerprint density at radius 2 is 2.25 bits per heavy atom. The van der Waals surface area contributed by atoms with Crippen LogP contribution in [-0.4, -0.2) is 48.6 Å². The van der Waals surface area contributed by atoms with E-state index in [2.05, 4.69) is 5.32 Å². The van der Waals surface area contributed by atoms with Gasteiger partial charge in [-0.25, -0.2) is 0 Å². The van der Waals surface area contributed by atoms with E-state index in [9.17, 15) is 4.79 Å². The van der Waals surface area contributed by atoms with Gasteiger partial charge in [0.1, 0.15) is 5.54 Å². The number of carboxylic acid groups (broad SMARTS) is 1. The summed E-state index contributed by atoms with van der Waals surface area (Å²) in [7, 11) is 1.43. The highest BCUT2D eigenvalue weighted by atomic mass is 16.5. The molecule has 0 heterocycles. The lowest BCUT2D eigenvalue weighted by atomic mass is 10.0. The molecule has 0 aromatic heterocycles. The fourth-order valence-corrected chi connectivity index (χ4v) is 0.809. The lowest BCUT2D eigenvalue weighted by Gasteiger charge is -2.24. The second kappa shape index (κ2) is 5.08. The Bertz CT molecular complexity index is 150. The second-order valence-electron chi connectivity index (χ2n) is 2.72. The van der Waals surface area contributed by atoms with Crippen molar-refractivity contribution in [1.29, 1.82) is 0 Å². The van der Waals surface area contributed by atoms with Crippen molar-refractivity contribution in [3.8, 4) is 0 Å². The zero-order valence-electron chi connectivity index (χ0n) is 7.33. The third-order valence-corrected chi connectivity index (χ3v) is 1.53. The smallest absolute Gasteiger partial charge is 0.326 e. The maximum atomic E-state index is 10.7. The molecule has 0 aliphatic rings. The number of ether oxygens (including phenoxy) is 1.